The summed E-state index contributed by atoms with van der Waals surface area (Å²) in [5.41, 5.74) is 1.36. The summed E-state index contributed by atoms with van der Waals surface area (Å²) in [5, 5.41) is 19.3. The van der Waals surface area contributed by atoms with Crippen LogP contribution in [0.25, 0.3) is 0 Å². The van der Waals surface area contributed by atoms with E-state index in [0.29, 0.717) is 30.3 Å². The maximum absolute atomic E-state index is 12.5. The maximum atomic E-state index is 12.5. The SMILES string of the molecule is COc1cc(C(=O)OCC2CC(O)CC(O)O2)cc(OC)c1OCCc1ccccc1. The van der Waals surface area contributed by atoms with Gasteiger partial charge in [-0.2, -0.15) is 0 Å². The van der Waals surface area contributed by atoms with Gasteiger partial charge in [0.1, 0.15) is 6.61 Å². The lowest BCUT2D eigenvalue weighted by molar-refractivity contribution is -0.197. The lowest BCUT2D eigenvalue weighted by Gasteiger charge is -2.29. The van der Waals surface area contributed by atoms with Crippen LogP contribution in [0.15, 0.2) is 42.5 Å². The van der Waals surface area contributed by atoms with Crippen molar-refractivity contribution in [2.45, 2.75) is 37.8 Å². The van der Waals surface area contributed by atoms with Gasteiger partial charge in [-0.25, -0.2) is 4.79 Å². The van der Waals surface area contributed by atoms with E-state index in [2.05, 4.69) is 0 Å². The van der Waals surface area contributed by atoms with Crippen molar-refractivity contribution in [3.8, 4) is 17.2 Å². The molecular weight excluding hydrogens is 404 g/mol. The molecule has 0 radical (unpaired) electrons. The van der Waals surface area contributed by atoms with Gasteiger partial charge in [0.05, 0.1) is 38.6 Å². The quantitative estimate of drug-likeness (QED) is 0.582. The van der Waals surface area contributed by atoms with Crippen molar-refractivity contribution >= 4 is 5.97 Å². The van der Waals surface area contributed by atoms with Crippen molar-refractivity contribution in [3.05, 3.63) is 53.6 Å². The van der Waals surface area contributed by atoms with Crippen LogP contribution < -0.4 is 14.2 Å². The van der Waals surface area contributed by atoms with Crippen LogP contribution in [0.5, 0.6) is 17.2 Å². The Kier molecular flexibility index (Phi) is 8.11. The van der Waals surface area contributed by atoms with Crippen LogP contribution in [-0.2, 0) is 15.9 Å². The molecule has 8 nitrogen and oxygen atoms in total. The predicted octanol–water partition coefficient (Wildman–Crippen LogP) is 2.34. The van der Waals surface area contributed by atoms with E-state index in [9.17, 15) is 15.0 Å². The minimum absolute atomic E-state index is 0.0904. The summed E-state index contributed by atoms with van der Waals surface area (Å²) in [6, 6.07) is 13.0. The summed E-state index contributed by atoms with van der Waals surface area (Å²) in [6.07, 6.45) is -1.21. The minimum atomic E-state index is -1.07. The van der Waals surface area contributed by atoms with Gasteiger partial charge < -0.3 is 33.9 Å². The number of methoxy groups -OCH3 is 2. The Morgan fingerprint density at radius 1 is 1.06 bits per heavy atom. The number of rotatable bonds is 9. The lowest BCUT2D eigenvalue weighted by Crippen LogP contribution is -2.38. The van der Waals surface area contributed by atoms with E-state index >= 15 is 0 Å². The molecule has 2 aromatic carbocycles. The zero-order chi connectivity index (χ0) is 22.2. The molecule has 1 aliphatic heterocycles. The summed E-state index contributed by atoms with van der Waals surface area (Å²) in [5.74, 6) is 0.489. The first-order valence-corrected chi connectivity index (χ1v) is 10.1. The zero-order valence-electron chi connectivity index (χ0n) is 17.7. The third kappa shape index (κ3) is 6.33. The van der Waals surface area contributed by atoms with Crippen molar-refractivity contribution in [2.75, 3.05) is 27.4 Å². The molecule has 1 aliphatic rings. The van der Waals surface area contributed by atoms with Crippen LogP contribution in [0.2, 0.25) is 0 Å². The number of aliphatic hydroxyl groups excluding tert-OH is 2. The lowest BCUT2D eigenvalue weighted by atomic mass is 10.1. The van der Waals surface area contributed by atoms with Gasteiger partial charge in [0.25, 0.3) is 0 Å². The highest BCUT2D eigenvalue weighted by Gasteiger charge is 2.28. The van der Waals surface area contributed by atoms with Gasteiger partial charge in [-0.1, -0.05) is 30.3 Å². The molecule has 1 heterocycles. The average molecular weight is 432 g/mol. The number of hydrogen-bond donors (Lipinski definition) is 2. The van der Waals surface area contributed by atoms with Crippen LogP contribution in [-0.4, -0.2) is 62.1 Å². The number of carbonyl (C=O) groups is 1. The van der Waals surface area contributed by atoms with Crippen molar-refractivity contribution < 1.29 is 38.7 Å². The molecular formula is C23H28O8. The molecule has 2 aromatic rings. The molecule has 1 fully saturated rings. The summed E-state index contributed by atoms with van der Waals surface area (Å²) >= 11 is 0. The molecule has 3 atom stereocenters. The normalized spacial score (nSPS) is 20.7. The molecule has 8 heteroatoms. The van der Waals surface area contributed by atoms with E-state index in [4.69, 9.17) is 23.7 Å². The molecule has 1 saturated heterocycles. The van der Waals surface area contributed by atoms with Gasteiger partial charge in [0.15, 0.2) is 17.8 Å². The van der Waals surface area contributed by atoms with E-state index < -0.39 is 24.5 Å². The van der Waals surface area contributed by atoms with Gasteiger partial charge in [-0.3, -0.25) is 0 Å². The highest BCUT2D eigenvalue weighted by atomic mass is 16.6. The second-order valence-corrected chi connectivity index (χ2v) is 7.23. The van der Waals surface area contributed by atoms with Gasteiger partial charge in [-0.15, -0.1) is 0 Å². The fourth-order valence-corrected chi connectivity index (χ4v) is 3.38. The van der Waals surface area contributed by atoms with Crippen LogP contribution in [0.3, 0.4) is 0 Å². The first-order chi connectivity index (χ1) is 15.0. The summed E-state index contributed by atoms with van der Waals surface area (Å²) < 4.78 is 27.3. The standard InChI is InChI=1S/C23H28O8/c1-27-19-10-16(23(26)30-14-18-12-17(24)13-21(25)31-18)11-20(28-2)22(19)29-9-8-15-6-4-3-5-7-15/h3-7,10-11,17-18,21,24-25H,8-9,12-14H2,1-2H3. The second kappa shape index (κ2) is 11.0. The summed E-state index contributed by atoms with van der Waals surface area (Å²) in [6.45, 7) is 0.317. The first kappa shape index (κ1) is 22.9. The van der Waals surface area contributed by atoms with Crippen molar-refractivity contribution in [1.29, 1.82) is 0 Å². The monoisotopic (exact) mass is 432 g/mol. The fraction of sp³-hybridized carbons (Fsp3) is 0.435. The van der Waals surface area contributed by atoms with Crippen LogP contribution in [0, 0.1) is 0 Å². The fourth-order valence-electron chi connectivity index (χ4n) is 3.38. The largest absolute Gasteiger partial charge is 0.493 e. The molecule has 0 aliphatic carbocycles. The molecule has 168 valence electrons. The second-order valence-electron chi connectivity index (χ2n) is 7.23. The molecule has 3 unspecified atom stereocenters. The van der Waals surface area contributed by atoms with Crippen molar-refractivity contribution in [2.24, 2.45) is 0 Å². The highest BCUT2D eigenvalue weighted by Crippen LogP contribution is 2.39. The third-order valence-electron chi connectivity index (χ3n) is 4.93. The Hall–Kier alpha value is -2.81. The van der Waals surface area contributed by atoms with Gasteiger partial charge in [-0.05, 0) is 17.7 Å². The summed E-state index contributed by atoms with van der Waals surface area (Å²) in [7, 11) is 2.96. The molecule has 3 rings (SSSR count). The Balaban J connectivity index is 1.65. The van der Waals surface area contributed by atoms with Gasteiger partial charge in [0.2, 0.25) is 5.75 Å². The Morgan fingerprint density at radius 3 is 2.35 bits per heavy atom. The molecule has 0 saturated carbocycles. The number of benzene rings is 2. The third-order valence-corrected chi connectivity index (χ3v) is 4.93. The van der Waals surface area contributed by atoms with Crippen molar-refractivity contribution in [3.63, 3.8) is 0 Å². The molecule has 0 spiro atoms. The van der Waals surface area contributed by atoms with E-state index in [1.54, 1.807) is 0 Å². The van der Waals surface area contributed by atoms with E-state index in [0.717, 1.165) is 5.56 Å². The van der Waals surface area contributed by atoms with E-state index in [1.807, 2.05) is 30.3 Å². The smallest absolute Gasteiger partial charge is 0.338 e. The zero-order valence-corrected chi connectivity index (χ0v) is 17.7. The minimum Gasteiger partial charge on any atom is -0.493 e. The molecule has 2 N–H and O–H groups in total. The number of ether oxygens (including phenoxy) is 5. The number of esters is 1. The van der Waals surface area contributed by atoms with Crippen LogP contribution in [0.4, 0.5) is 0 Å². The number of hydrogen-bond acceptors (Lipinski definition) is 8. The number of carbonyl (C=O) groups excluding carboxylic acids is 1. The molecule has 0 amide bonds. The van der Waals surface area contributed by atoms with Gasteiger partial charge >= 0.3 is 5.97 Å². The molecule has 31 heavy (non-hydrogen) atoms. The first-order valence-electron chi connectivity index (χ1n) is 10.1. The Labute approximate surface area is 181 Å². The Bertz CT molecular complexity index is 819. The Morgan fingerprint density at radius 2 is 1.74 bits per heavy atom. The van der Waals surface area contributed by atoms with Crippen molar-refractivity contribution in [1.82, 2.24) is 0 Å². The van der Waals surface area contributed by atoms with Gasteiger partial charge in [0, 0.05) is 19.3 Å². The van der Waals surface area contributed by atoms with E-state index in [-0.39, 0.29) is 25.0 Å². The average Bonchev–Trinajstić information content (AvgIpc) is 2.77. The highest BCUT2D eigenvalue weighted by molar-refractivity contribution is 5.91. The molecule has 0 bridgehead atoms. The van der Waals surface area contributed by atoms with Crippen LogP contribution in [0.1, 0.15) is 28.8 Å². The molecule has 0 aromatic heterocycles. The predicted molar refractivity (Wildman–Crippen MR) is 112 cm³/mol. The number of aliphatic hydroxyl groups is 2. The maximum Gasteiger partial charge on any atom is 0.338 e. The van der Waals surface area contributed by atoms with Crippen LogP contribution >= 0.6 is 0 Å². The van der Waals surface area contributed by atoms with E-state index in [1.165, 1.54) is 26.4 Å². The topological polar surface area (TPSA) is 104 Å². The summed E-state index contributed by atoms with van der Waals surface area (Å²) in [4.78, 5) is 12.5.